The lowest BCUT2D eigenvalue weighted by Gasteiger charge is -2.41. The summed E-state index contributed by atoms with van der Waals surface area (Å²) in [6, 6.07) is 9.48. The third-order valence-corrected chi connectivity index (χ3v) is 7.68. The molecule has 0 aliphatic heterocycles. The Morgan fingerprint density at radius 3 is 2.38 bits per heavy atom. The highest BCUT2D eigenvalue weighted by molar-refractivity contribution is 5.91. The molecule has 0 heterocycles. The van der Waals surface area contributed by atoms with Gasteiger partial charge in [0, 0.05) is 5.56 Å². The van der Waals surface area contributed by atoms with Crippen molar-refractivity contribution in [1.82, 2.24) is 0 Å². The predicted octanol–water partition coefficient (Wildman–Crippen LogP) is 8.18. The van der Waals surface area contributed by atoms with Gasteiger partial charge >= 0.3 is 5.97 Å². The Bertz CT molecular complexity index is 1020. The average Bonchev–Trinajstić information content (AvgIpc) is 2.84. The molecule has 4 rings (SSSR count). The number of hydrogen-bond donors (Lipinski definition) is 0. The number of allylic oxidation sites excluding steroid dienone is 3. The molecular formula is C30H34F2O2. The minimum Gasteiger partial charge on any atom is -0.423 e. The second-order valence-corrected chi connectivity index (χ2v) is 9.83. The molecule has 2 aliphatic carbocycles. The van der Waals surface area contributed by atoms with E-state index in [0.717, 1.165) is 69.1 Å². The summed E-state index contributed by atoms with van der Waals surface area (Å²) < 4.78 is 35.5. The molecule has 2 saturated carbocycles. The number of aryl methyl sites for hydroxylation is 1. The van der Waals surface area contributed by atoms with E-state index in [-0.39, 0.29) is 17.0 Å². The lowest BCUT2D eigenvalue weighted by atomic mass is 9.64. The summed E-state index contributed by atoms with van der Waals surface area (Å²) in [5.74, 6) is -0.102. The molecule has 4 atom stereocenters. The van der Waals surface area contributed by atoms with Gasteiger partial charge in [0.1, 0.15) is 17.4 Å². The molecule has 2 nitrogen and oxygen atoms in total. The van der Waals surface area contributed by atoms with Gasteiger partial charge in [-0.2, -0.15) is 0 Å². The molecule has 34 heavy (non-hydrogen) atoms. The van der Waals surface area contributed by atoms with Crippen LogP contribution in [0.1, 0.15) is 79.3 Å². The fourth-order valence-corrected chi connectivity index (χ4v) is 5.80. The van der Waals surface area contributed by atoms with Gasteiger partial charge in [0.2, 0.25) is 0 Å². The van der Waals surface area contributed by atoms with Crippen molar-refractivity contribution >= 4 is 5.97 Å². The van der Waals surface area contributed by atoms with Gasteiger partial charge in [0.25, 0.3) is 0 Å². The molecule has 4 heteroatoms. The minimum atomic E-state index is -0.752. The zero-order valence-electron chi connectivity index (χ0n) is 19.9. The van der Waals surface area contributed by atoms with Crippen LogP contribution in [0.5, 0.6) is 5.75 Å². The number of rotatable bonds is 7. The number of hydrogen-bond acceptors (Lipinski definition) is 2. The number of carbonyl (C=O) groups is 1. The van der Waals surface area contributed by atoms with E-state index >= 15 is 8.78 Å². The van der Waals surface area contributed by atoms with Gasteiger partial charge in [-0.25, -0.2) is 13.6 Å². The van der Waals surface area contributed by atoms with Crippen molar-refractivity contribution < 1.29 is 18.3 Å². The quantitative estimate of drug-likeness (QED) is 0.235. The van der Waals surface area contributed by atoms with Crippen molar-refractivity contribution in [1.29, 1.82) is 0 Å². The van der Waals surface area contributed by atoms with E-state index in [0.29, 0.717) is 23.5 Å². The number of benzene rings is 2. The van der Waals surface area contributed by atoms with Gasteiger partial charge in [0.15, 0.2) is 0 Å². The van der Waals surface area contributed by atoms with E-state index < -0.39 is 17.6 Å². The third kappa shape index (κ3) is 5.65. The standard InChI is InChI=1S/C30H34F2O2/c1-3-5-6-7-21-9-14-26(15-10-21)34-30(33)25-18-27(31)29(28(32)19-25)24-13-12-22-16-20(4-2)8-11-23(22)17-24/h3-5,9-10,14-15,18-20,22-24H,2,6-8,11-13,16-17H2,1H3/b5-3+. The molecule has 0 saturated heterocycles. The number of ether oxygens (including phenoxy) is 1. The van der Waals surface area contributed by atoms with Crippen molar-refractivity contribution in [3.8, 4) is 5.75 Å². The van der Waals surface area contributed by atoms with Crippen LogP contribution in [0, 0.1) is 29.4 Å². The molecule has 2 aliphatic rings. The van der Waals surface area contributed by atoms with Gasteiger partial charge in [-0.15, -0.1) is 6.58 Å². The monoisotopic (exact) mass is 464 g/mol. The second kappa shape index (κ2) is 11.1. The van der Waals surface area contributed by atoms with Crippen LogP contribution in [-0.4, -0.2) is 5.97 Å². The largest absolute Gasteiger partial charge is 0.423 e. The maximum Gasteiger partial charge on any atom is 0.343 e. The summed E-state index contributed by atoms with van der Waals surface area (Å²) in [7, 11) is 0. The van der Waals surface area contributed by atoms with E-state index in [4.69, 9.17) is 4.74 Å². The van der Waals surface area contributed by atoms with E-state index in [9.17, 15) is 4.79 Å². The maximum atomic E-state index is 15.1. The molecule has 0 bridgehead atoms. The molecule has 180 valence electrons. The molecule has 0 radical (unpaired) electrons. The average molecular weight is 465 g/mol. The van der Waals surface area contributed by atoms with Gasteiger partial charge in [-0.1, -0.05) is 30.4 Å². The van der Waals surface area contributed by atoms with Crippen LogP contribution in [0.15, 0.2) is 61.2 Å². The Morgan fingerprint density at radius 1 is 1.03 bits per heavy atom. The molecule has 2 aromatic carbocycles. The van der Waals surface area contributed by atoms with Gasteiger partial charge < -0.3 is 4.74 Å². The second-order valence-electron chi connectivity index (χ2n) is 9.83. The number of esters is 1. The molecule has 2 fully saturated rings. The Hall–Kier alpha value is -2.75. The highest BCUT2D eigenvalue weighted by Gasteiger charge is 2.37. The lowest BCUT2D eigenvalue weighted by molar-refractivity contribution is 0.0733. The Morgan fingerprint density at radius 2 is 1.71 bits per heavy atom. The first-order chi connectivity index (χ1) is 16.5. The van der Waals surface area contributed by atoms with E-state index in [1.165, 1.54) is 0 Å². The van der Waals surface area contributed by atoms with Gasteiger partial charge in [-0.3, -0.25) is 0 Å². The molecule has 0 aromatic heterocycles. The number of halogens is 2. The Kier molecular flexibility index (Phi) is 7.97. The van der Waals surface area contributed by atoms with Crippen molar-refractivity contribution in [2.75, 3.05) is 0 Å². The highest BCUT2D eigenvalue weighted by Crippen LogP contribution is 2.48. The van der Waals surface area contributed by atoms with Crippen LogP contribution in [0.4, 0.5) is 8.78 Å². The van der Waals surface area contributed by atoms with Gasteiger partial charge in [0.05, 0.1) is 5.56 Å². The smallest absolute Gasteiger partial charge is 0.343 e. The topological polar surface area (TPSA) is 26.3 Å². The zero-order chi connectivity index (χ0) is 24.1. The minimum absolute atomic E-state index is 0.101. The molecule has 2 aromatic rings. The molecule has 0 N–H and O–H groups in total. The fourth-order valence-electron chi connectivity index (χ4n) is 5.80. The van der Waals surface area contributed by atoms with Gasteiger partial charge in [-0.05, 0) is 112 Å². The molecular weight excluding hydrogens is 430 g/mol. The van der Waals surface area contributed by atoms with Crippen LogP contribution in [0.2, 0.25) is 0 Å². The summed E-state index contributed by atoms with van der Waals surface area (Å²) in [5.41, 5.74) is 1.16. The summed E-state index contributed by atoms with van der Waals surface area (Å²) in [6.07, 6.45) is 13.9. The molecule has 4 unspecified atom stereocenters. The number of carbonyl (C=O) groups excluding carboxylic acids is 1. The van der Waals surface area contributed by atoms with Crippen LogP contribution >= 0.6 is 0 Å². The van der Waals surface area contributed by atoms with E-state index in [1.807, 2.05) is 25.1 Å². The van der Waals surface area contributed by atoms with E-state index in [1.54, 1.807) is 12.1 Å². The van der Waals surface area contributed by atoms with Crippen LogP contribution in [0.25, 0.3) is 0 Å². The first-order valence-electron chi connectivity index (χ1n) is 12.5. The fraction of sp³-hybridized carbons (Fsp3) is 0.433. The molecule has 0 spiro atoms. The summed E-state index contributed by atoms with van der Waals surface area (Å²) >= 11 is 0. The summed E-state index contributed by atoms with van der Waals surface area (Å²) in [4.78, 5) is 12.6. The maximum absolute atomic E-state index is 15.1. The Labute approximate surface area is 201 Å². The third-order valence-electron chi connectivity index (χ3n) is 7.68. The normalized spacial score (nSPS) is 24.6. The molecule has 0 amide bonds. The first-order valence-corrected chi connectivity index (χ1v) is 12.5. The van der Waals surface area contributed by atoms with E-state index in [2.05, 4.69) is 18.7 Å². The lowest BCUT2D eigenvalue weighted by Crippen LogP contribution is -2.30. The van der Waals surface area contributed by atoms with Crippen molar-refractivity contribution in [3.05, 3.63) is 89.5 Å². The summed E-state index contributed by atoms with van der Waals surface area (Å²) in [6.45, 7) is 5.92. The number of fused-ring (bicyclic) bond motifs is 1. The van der Waals surface area contributed by atoms with Crippen LogP contribution < -0.4 is 4.74 Å². The highest BCUT2D eigenvalue weighted by atomic mass is 19.1. The summed E-state index contributed by atoms with van der Waals surface area (Å²) in [5, 5.41) is 0. The SMILES string of the molecule is C=CC1CCC2CC(c3c(F)cc(C(=O)Oc4ccc(CC/C=C/C)cc4)cc3F)CCC2C1. The van der Waals surface area contributed by atoms with Crippen molar-refractivity contribution in [2.45, 2.75) is 64.2 Å². The Balaban J connectivity index is 1.41. The van der Waals surface area contributed by atoms with Crippen molar-refractivity contribution in [3.63, 3.8) is 0 Å². The van der Waals surface area contributed by atoms with Crippen LogP contribution in [0.3, 0.4) is 0 Å². The first kappa shape index (κ1) is 24.4. The predicted molar refractivity (Wildman–Crippen MR) is 132 cm³/mol. The van der Waals surface area contributed by atoms with Crippen LogP contribution in [-0.2, 0) is 6.42 Å². The zero-order valence-corrected chi connectivity index (χ0v) is 19.9. The van der Waals surface area contributed by atoms with Crippen molar-refractivity contribution in [2.24, 2.45) is 17.8 Å².